The Labute approximate surface area is 111 Å². The van der Waals surface area contributed by atoms with Gasteiger partial charge in [0.25, 0.3) is 0 Å². The Kier molecular flexibility index (Phi) is 4.43. The van der Waals surface area contributed by atoms with Crippen LogP contribution in [0.1, 0.15) is 31.4 Å². The SMILES string of the molecule is O=C(O)C1CCCCN1C(=O)CCc1cnccn1. The van der Waals surface area contributed by atoms with E-state index in [2.05, 4.69) is 9.97 Å². The van der Waals surface area contributed by atoms with Crippen LogP contribution in [0.2, 0.25) is 0 Å². The standard InChI is InChI=1S/C13H17N3O3/c17-12(5-4-10-9-14-6-7-15-10)16-8-2-1-3-11(16)13(18)19/h6-7,9,11H,1-5,8H2,(H,18,19). The Morgan fingerprint density at radius 3 is 2.89 bits per heavy atom. The van der Waals surface area contributed by atoms with E-state index in [0.29, 0.717) is 19.4 Å². The molecular weight excluding hydrogens is 246 g/mol. The molecule has 1 N–H and O–H groups in total. The van der Waals surface area contributed by atoms with Crippen LogP contribution < -0.4 is 0 Å². The Morgan fingerprint density at radius 1 is 1.37 bits per heavy atom. The molecule has 1 aliphatic heterocycles. The quantitative estimate of drug-likeness (QED) is 0.871. The van der Waals surface area contributed by atoms with Gasteiger partial charge in [-0.2, -0.15) is 0 Å². The molecule has 1 unspecified atom stereocenters. The third kappa shape index (κ3) is 3.49. The number of aliphatic carboxylic acids is 1. The van der Waals surface area contributed by atoms with Crippen molar-refractivity contribution in [2.75, 3.05) is 6.54 Å². The van der Waals surface area contributed by atoms with Gasteiger partial charge >= 0.3 is 5.97 Å². The molecule has 2 heterocycles. The number of amides is 1. The Morgan fingerprint density at radius 2 is 2.21 bits per heavy atom. The fourth-order valence-electron chi connectivity index (χ4n) is 2.32. The molecule has 1 aliphatic rings. The molecule has 102 valence electrons. The largest absolute Gasteiger partial charge is 0.480 e. The number of nitrogens with zero attached hydrogens (tertiary/aromatic N) is 3. The van der Waals surface area contributed by atoms with Crippen LogP contribution in [0.25, 0.3) is 0 Å². The van der Waals surface area contributed by atoms with Gasteiger partial charge in [0.15, 0.2) is 0 Å². The number of carbonyl (C=O) groups is 2. The van der Waals surface area contributed by atoms with Crippen LogP contribution in [-0.4, -0.2) is 44.4 Å². The molecule has 6 nitrogen and oxygen atoms in total. The van der Waals surface area contributed by atoms with E-state index in [1.165, 1.54) is 4.90 Å². The monoisotopic (exact) mass is 263 g/mol. The summed E-state index contributed by atoms with van der Waals surface area (Å²) < 4.78 is 0. The fraction of sp³-hybridized carbons (Fsp3) is 0.538. The van der Waals surface area contributed by atoms with Crippen LogP contribution in [-0.2, 0) is 16.0 Å². The second-order valence-electron chi connectivity index (χ2n) is 4.63. The van der Waals surface area contributed by atoms with Gasteiger partial charge in [0.1, 0.15) is 6.04 Å². The highest BCUT2D eigenvalue weighted by molar-refractivity contribution is 5.83. The van der Waals surface area contributed by atoms with E-state index >= 15 is 0 Å². The number of hydrogen-bond acceptors (Lipinski definition) is 4. The van der Waals surface area contributed by atoms with Gasteiger partial charge in [0, 0.05) is 31.6 Å². The summed E-state index contributed by atoms with van der Waals surface area (Å²) in [6.45, 7) is 0.538. The van der Waals surface area contributed by atoms with Crippen molar-refractivity contribution in [2.24, 2.45) is 0 Å². The molecule has 1 aromatic heterocycles. The first-order valence-corrected chi connectivity index (χ1v) is 6.45. The molecule has 0 spiro atoms. The van der Waals surface area contributed by atoms with Gasteiger partial charge in [-0.3, -0.25) is 14.8 Å². The summed E-state index contributed by atoms with van der Waals surface area (Å²) in [5, 5.41) is 9.13. The molecule has 0 bridgehead atoms. The molecule has 0 aliphatic carbocycles. The van der Waals surface area contributed by atoms with Crippen LogP contribution in [0, 0.1) is 0 Å². The van der Waals surface area contributed by atoms with E-state index in [9.17, 15) is 9.59 Å². The van der Waals surface area contributed by atoms with Crippen molar-refractivity contribution in [3.05, 3.63) is 24.3 Å². The summed E-state index contributed by atoms with van der Waals surface area (Å²) in [6.07, 6.45) is 7.85. The van der Waals surface area contributed by atoms with Gasteiger partial charge in [-0.1, -0.05) is 0 Å². The summed E-state index contributed by atoms with van der Waals surface area (Å²) in [6, 6.07) is -0.664. The lowest BCUT2D eigenvalue weighted by atomic mass is 10.0. The molecule has 1 fully saturated rings. The number of carboxylic acids is 1. The van der Waals surface area contributed by atoms with Crippen molar-refractivity contribution in [1.82, 2.24) is 14.9 Å². The van der Waals surface area contributed by atoms with Gasteiger partial charge in [-0.05, 0) is 25.7 Å². The molecule has 1 amide bonds. The van der Waals surface area contributed by atoms with Crippen LogP contribution in [0.5, 0.6) is 0 Å². The van der Waals surface area contributed by atoms with Gasteiger partial charge in [-0.15, -0.1) is 0 Å². The van der Waals surface area contributed by atoms with E-state index in [4.69, 9.17) is 5.11 Å². The lowest BCUT2D eigenvalue weighted by Crippen LogP contribution is -2.48. The summed E-state index contributed by atoms with van der Waals surface area (Å²) in [5.74, 6) is -1.02. The molecule has 2 rings (SSSR count). The smallest absolute Gasteiger partial charge is 0.326 e. The van der Waals surface area contributed by atoms with Crippen LogP contribution in [0.15, 0.2) is 18.6 Å². The van der Waals surface area contributed by atoms with E-state index in [0.717, 1.165) is 18.5 Å². The predicted molar refractivity (Wildman–Crippen MR) is 67.3 cm³/mol. The number of likely N-dealkylation sites (tertiary alicyclic amines) is 1. The molecule has 0 aromatic carbocycles. The lowest BCUT2D eigenvalue weighted by Gasteiger charge is -2.33. The van der Waals surface area contributed by atoms with Gasteiger partial charge in [-0.25, -0.2) is 4.79 Å². The molecular formula is C13H17N3O3. The maximum absolute atomic E-state index is 12.1. The molecule has 6 heteroatoms. The Balaban J connectivity index is 1.93. The van der Waals surface area contributed by atoms with Gasteiger partial charge in [0.2, 0.25) is 5.91 Å². The molecule has 1 saturated heterocycles. The minimum atomic E-state index is -0.910. The number of aryl methyl sites for hydroxylation is 1. The minimum Gasteiger partial charge on any atom is -0.480 e. The number of piperidine rings is 1. The minimum absolute atomic E-state index is 0.113. The second kappa shape index (κ2) is 6.26. The number of aromatic nitrogens is 2. The molecule has 1 atom stereocenters. The first-order chi connectivity index (χ1) is 9.18. The highest BCUT2D eigenvalue weighted by Crippen LogP contribution is 2.18. The molecule has 19 heavy (non-hydrogen) atoms. The zero-order valence-electron chi connectivity index (χ0n) is 10.7. The van der Waals surface area contributed by atoms with Crippen molar-refractivity contribution >= 4 is 11.9 Å². The molecule has 0 radical (unpaired) electrons. The first-order valence-electron chi connectivity index (χ1n) is 6.45. The molecule has 1 aromatic rings. The number of hydrogen-bond donors (Lipinski definition) is 1. The second-order valence-corrected chi connectivity index (χ2v) is 4.63. The zero-order valence-corrected chi connectivity index (χ0v) is 10.7. The van der Waals surface area contributed by atoms with Crippen molar-refractivity contribution < 1.29 is 14.7 Å². The Bertz CT molecular complexity index is 450. The Hall–Kier alpha value is -1.98. The highest BCUT2D eigenvalue weighted by Gasteiger charge is 2.31. The number of carboxylic acid groups (broad SMARTS) is 1. The normalized spacial score (nSPS) is 19.2. The van der Waals surface area contributed by atoms with Crippen molar-refractivity contribution in [2.45, 2.75) is 38.1 Å². The third-order valence-corrected chi connectivity index (χ3v) is 3.32. The highest BCUT2D eigenvalue weighted by atomic mass is 16.4. The topological polar surface area (TPSA) is 83.4 Å². The zero-order chi connectivity index (χ0) is 13.7. The number of rotatable bonds is 4. The van der Waals surface area contributed by atoms with Crippen molar-refractivity contribution in [1.29, 1.82) is 0 Å². The average molecular weight is 263 g/mol. The molecule has 0 saturated carbocycles. The summed E-state index contributed by atoms with van der Waals surface area (Å²) >= 11 is 0. The van der Waals surface area contributed by atoms with Gasteiger partial charge in [0.05, 0.1) is 5.69 Å². The maximum Gasteiger partial charge on any atom is 0.326 e. The lowest BCUT2D eigenvalue weighted by molar-refractivity contribution is -0.152. The maximum atomic E-state index is 12.1. The van der Waals surface area contributed by atoms with E-state index in [1.807, 2.05) is 0 Å². The summed E-state index contributed by atoms with van der Waals surface area (Å²) in [5.41, 5.74) is 0.750. The summed E-state index contributed by atoms with van der Waals surface area (Å²) in [4.78, 5) is 32.8. The van der Waals surface area contributed by atoms with Crippen molar-refractivity contribution in [3.8, 4) is 0 Å². The van der Waals surface area contributed by atoms with E-state index in [-0.39, 0.29) is 12.3 Å². The van der Waals surface area contributed by atoms with E-state index < -0.39 is 12.0 Å². The third-order valence-electron chi connectivity index (χ3n) is 3.32. The predicted octanol–water partition coefficient (Wildman–Crippen LogP) is 0.875. The average Bonchev–Trinajstić information content (AvgIpc) is 2.46. The van der Waals surface area contributed by atoms with Crippen molar-refractivity contribution in [3.63, 3.8) is 0 Å². The number of carbonyl (C=O) groups excluding carboxylic acids is 1. The van der Waals surface area contributed by atoms with Gasteiger partial charge < -0.3 is 10.0 Å². The fourth-order valence-corrected chi connectivity index (χ4v) is 2.32. The van der Waals surface area contributed by atoms with Crippen LogP contribution >= 0.6 is 0 Å². The first kappa shape index (κ1) is 13.5. The van der Waals surface area contributed by atoms with Crippen LogP contribution in [0.4, 0.5) is 0 Å². The summed E-state index contributed by atoms with van der Waals surface area (Å²) in [7, 11) is 0. The van der Waals surface area contributed by atoms with Crippen LogP contribution in [0.3, 0.4) is 0 Å². The van der Waals surface area contributed by atoms with E-state index in [1.54, 1.807) is 18.6 Å².